The van der Waals surface area contributed by atoms with Gasteiger partial charge in [-0.15, -0.1) is 11.3 Å². The molecule has 2 aromatic rings. The summed E-state index contributed by atoms with van der Waals surface area (Å²) in [5, 5.41) is 1.82. The minimum Gasteiger partial charge on any atom is -0.383 e. The summed E-state index contributed by atoms with van der Waals surface area (Å²) in [6, 6.07) is 0. The summed E-state index contributed by atoms with van der Waals surface area (Å²) in [4.78, 5) is 11.6. The number of aromatic nitrogens is 2. The highest BCUT2D eigenvalue weighted by molar-refractivity contribution is 7.99. The molecule has 0 aliphatic heterocycles. The van der Waals surface area contributed by atoms with Crippen LogP contribution >= 0.6 is 23.1 Å². The molecule has 0 amide bonds. The number of thiophene rings is 1. The van der Waals surface area contributed by atoms with E-state index in [2.05, 4.69) is 25.8 Å². The molecule has 1 fully saturated rings. The predicted octanol–water partition coefficient (Wildman–Crippen LogP) is 4.70. The van der Waals surface area contributed by atoms with E-state index in [1.54, 1.807) is 11.3 Å². The van der Waals surface area contributed by atoms with Crippen LogP contribution in [0.25, 0.3) is 10.2 Å². The fourth-order valence-corrected chi connectivity index (χ4v) is 5.48. The summed E-state index contributed by atoms with van der Waals surface area (Å²) in [7, 11) is 0. The number of thioether (sulfide) groups is 1. The highest BCUT2D eigenvalue weighted by atomic mass is 32.2. The second-order valence-electron chi connectivity index (χ2n) is 6.19. The molecule has 21 heavy (non-hydrogen) atoms. The Kier molecular flexibility index (Phi) is 4.41. The third kappa shape index (κ3) is 3.19. The normalized spacial score (nSPS) is 22.8. The van der Waals surface area contributed by atoms with Crippen LogP contribution in [0.2, 0.25) is 0 Å². The summed E-state index contributed by atoms with van der Waals surface area (Å²) in [5.41, 5.74) is 7.38. The SMILES string of the molecule is Cc1sc2nc(CSC3CCCC(C)C3)nc(N)c2c1C. The van der Waals surface area contributed by atoms with Gasteiger partial charge in [0.1, 0.15) is 16.5 Å². The average molecular weight is 322 g/mol. The van der Waals surface area contributed by atoms with Gasteiger partial charge in [-0.25, -0.2) is 9.97 Å². The molecule has 0 spiro atoms. The first kappa shape index (κ1) is 15.1. The molecule has 1 saturated carbocycles. The largest absolute Gasteiger partial charge is 0.383 e. The number of rotatable bonds is 3. The summed E-state index contributed by atoms with van der Waals surface area (Å²) >= 11 is 3.74. The van der Waals surface area contributed by atoms with Gasteiger partial charge in [0.2, 0.25) is 0 Å². The van der Waals surface area contributed by atoms with Crippen LogP contribution in [0.15, 0.2) is 0 Å². The van der Waals surface area contributed by atoms with E-state index in [0.717, 1.165) is 33.0 Å². The standard InChI is InChI=1S/C16H23N3S2/c1-9-5-4-6-12(7-9)20-8-13-18-15(17)14-10(2)11(3)21-16(14)19-13/h9,12H,4-8H2,1-3H3,(H2,17,18,19). The van der Waals surface area contributed by atoms with E-state index in [1.165, 1.54) is 36.1 Å². The monoisotopic (exact) mass is 321 g/mol. The van der Waals surface area contributed by atoms with Crippen LogP contribution in [-0.2, 0) is 5.75 Å². The second-order valence-corrected chi connectivity index (χ2v) is 8.69. The zero-order chi connectivity index (χ0) is 15.0. The molecule has 114 valence electrons. The van der Waals surface area contributed by atoms with E-state index in [0.29, 0.717) is 5.82 Å². The first-order chi connectivity index (χ1) is 10.0. The summed E-state index contributed by atoms with van der Waals surface area (Å²) in [6.45, 7) is 6.59. The van der Waals surface area contributed by atoms with E-state index in [-0.39, 0.29) is 0 Å². The summed E-state index contributed by atoms with van der Waals surface area (Å²) < 4.78 is 0. The predicted molar refractivity (Wildman–Crippen MR) is 94.0 cm³/mol. The molecule has 1 aliphatic carbocycles. The van der Waals surface area contributed by atoms with Gasteiger partial charge >= 0.3 is 0 Å². The third-order valence-electron chi connectivity index (χ3n) is 4.44. The Morgan fingerprint density at radius 3 is 2.86 bits per heavy atom. The Morgan fingerprint density at radius 1 is 1.29 bits per heavy atom. The lowest BCUT2D eigenvalue weighted by Crippen LogP contribution is -2.15. The lowest BCUT2D eigenvalue weighted by Gasteiger charge is -2.25. The van der Waals surface area contributed by atoms with Crippen LogP contribution in [0.1, 0.15) is 48.9 Å². The molecule has 3 nitrogen and oxygen atoms in total. The maximum Gasteiger partial charge on any atom is 0.142 e. The van der Waals surface area contributed by atoms with Crippen molar-refractivity contribution in [3.8, 4) is 0 Å². The molecule has 0 aromatic carbocycles. The van der Waals surface area contributed by atoms with E-state index < -0.39 is 0 Å². The van der Waals surface area contributed by atoms with Crippen LogP contribution in [0.5, 0.6) is 0 Å². The number of nitrogen functional groups attached to an aromatic ring is 1. The van der Waals surface area contributed by atoms with Gasteiger partial charge in [-0.05, 0) is 38.2 Å². The molecule has 0 bridgehead atoms. The van der Waals surface area contributed by atoms with E-state index >= 15 is 0 Å². The molecule has 2 atom stereocenters. The van der Waals surface area contributed by atoms with Crippen LogP contribution in [0.4, 0.5) is 5.82 Å². The number of fused-ring (bicyclic) bond motifs is 1. The third-order valence-corrected chi connectivity index (χ3v) is 6.86. The maximum atomic E-state index is 6.15. The lowest BCUT2D eigenvalue weighted by atomic mass is 9.91. The van der Waals surface area contributed by atoms with Crippen LogP contribution in [-0.4, -0.2) is 15.2 Å². The molecule has 1 aliphatic rings. The van der Waals surface area contributed by atoms with Crippen molar-refractivity contribution in [2.75, 3.05) is 5.73 Å². The fraction of sp³-hybridized carbons (Fsp3) is 0.625. The minimum atomic E-state index is 0.648. The molecule has 2 heterocycles. The quantitative estimate of drug-likeness (QED) is 0.890. The lowest BCUT2D eigenvalue weighted by molar-refractivity contribution is 0.394. The van der Waals surface area contributed by atoms with Gasteiger partial charge in [0.05, 0.1) is 11.1 Å². The molecule has 0 saturated heterocycles. The van der Waals surface area contributed by atoms with Crippen molar-refractivity contribution < 1.29 is 0 Å². The Bertz CT molecular complexity index is 650. The minimum absolute atomic E-state index is 0.648. The highest BCUT2D eigenvalue weighted by Crippen LogP contribution is 2.35. The number of anilines is 1. The zero-order valence-electron chi connectivity index (χ0n) is 13.0. The van der Waals surface area contributed by atoms with Gasteiger partial charge in [-0.3, -0.25) is 0 Å². The van der Waals surface area contributed by atoms with Crippen molar-refractivity contribution >= 4 is 39.1 Å². The summed E-state index contributed by atoms with van der Waals surface area (Å²) in [5.74, 6) is 3.29. The van der Waals surface area contributed by atoms with Crippen molar-refractivity contribution in [2.45, 2.75) is 57.5 Å². The molecule has 5 heteroatoms. The van der Waals surface area contributed by atoms with Crippen molar-refractivity contribution in [1.82, 2.24) is 9.97 Å². The van der Waals surface area contributed by atoms with E-state index in [9.17, 15) is 0 Å². The first-order valence-electron chi connectivity index (χ1n) is 7.68. The van der Waals surface area contributed by atoms with Crippen molar-refractivity contribution in [1.29, 1.82) is 0 Å². The van der Waals surface area contributed by atoms with Gasteiger partial charge in [0, 0.05) is 10.1 Å². The number of hydrogen-bond acceptors (Lipinski definition) is 5. The van der Waals surface area contributed by atoms with E-state index in [1.807, 2.05) is 11.8 Å². The second kappa shape index (κ2) is 6.13. The molecule has 0 radical (unpaired) electrons. The maximum absolute atomic E-state index is 6.15. The Hall–Kier alpha value is -0.810. The van der Waals surface area contributed by atoms with Crippen molar-refractivity contribution in [2.24, 2.45) is 5.92 Å². The highest BCUT2D eigenvalue weighted by Gasteiger charge is 2.20. The molecule has 2 aromatic heterocycles. The average Bonchev–Trinajstić information content (AvgIpc) is 2.72. The Balaban J connectivity index is 1.75. The van der Waals surface area contributed by atoms with Gasteiger partial charge in [-0.2, -0.15) is 11.8 Å². The number of aryl methyl sites for hydroxylation is 2. The Morgan fingerprint density at radius 2 is 2.10 bits per heavy atom. The number of nitrogens with zero attached hydrogens (tertiary/aromatic N) is 2. The Labute approximate surface area is 134 Å². The molecule has 2 unspecified atom stereocenters. The zero-order valence-corrected chi connectivity index (χ0v) is 14.6. The molecule has 2 N–H and O–H groups in total. The van der Waals surface area contributed by atoms with Crippen molar-refractivity contribution in [3.63, 3.8) is 0 Å². The molecule has 3 rings (SSSR count). The topological polar surface area (TPSA) is 51.8 Å². The van der Waals surface area contributed by atoms with Crippen LogP contribution < -0.4 is 5.73 Å². The fourth-order valence-electron chi connectivity index (χ4n) is 3.11. The van der Waals surface area contributed by atoms with Gasteiger partial charge < -0.3 is 5.73 Å². The van der Waals surface area contributed by atoms with Gasteiger partial charge in [0.25, 0.3) is 0 Å². The smallest absolute Gasteiger partial charge is 0.142 e. The molecular weight excluding hydrogens is 298 g/mol. The summed E-state index contributed by atoms with van der Waals surface area (Å²) in [6.07, 6.45) is 5.42. The van der Waals surface area contributed by atoms with E-state index in [4.69, 9.17) is 10.7 Å². The van der Waals surface area contributed by atoms with Crippen LogP contribution in [0.3, 0.4) is 0 Å². The van der Waals surface area contributed by atoms with Crippen LogP contribution in [0, 0.1) is 19.8 Å². The number of nitrogens with two attached hydrogens (primary N) is 1. The number of hydrogen-bond donors (Lipinski definition) is 1. The van der Waals surface area contributed by atoms with Crippen molar-refractivity contribution in [3.05, 3.63) is 16.3 Å². The molecular formula is C16H23N3S2. The van der Waals surface area contributed by atoms with Gasteiger partial charge in [-0.1, -0.05) is 19.8 Å². The first-order valence-corrected chi connectivity index (χ1v) is 9.54. The van der Waals surface area contributed by atoms with Gasteiger partial charge in [0.15, 0.2) is 0 Å².